The molecule has 1 heterocycles. The van der Waals surface area contributed by atoms with Crippen LogP contribution >= 0.6 is 11.6 Å². The maximum atomic E-state index is 13.5. The van der Waals surface area contributed by atoms with Gasteiger partial charge in [0.05, 0.1) is 22.7 Å². The molecule has 0 amide bonds. The minimum Gasteiger partial charge on any atom is -0.494 e. The summed E-state index contributed by atoms with van der Waals surface area (Å²) in [6.07, 6.45) is 1.40. The van der Waals surface area contributed by atoms with E-state index in [0.717, 1.165) is 22.4 Å². The van der Waals surface area contributed by atoms with Crippen molar-refractivity contribution in [2.24, 2.45) is 0 Å². The lowest BCUT2D eigenvalue weighted by atomic mass is 10.1. The van der Waals surface area contributed by atoms with Gasteiger partial charge in [0.2, 0.25) is 9.84 Å². The average molecular weight is 453 g/mol. The van der Waals surface area contributed by atoms with Gasteiger partial charge in [-0.05, 0) is 74.5 Å². The van der Waals surface area contributed by atoms with E-state index < -0.39 is 9.84 Å². The molecular weight excluding hydrogens is 432 g/mol. The number of sulfone groups is 1. The van der Waals surface area contributed by atoms with Gasteiger partial charge in [0.25, 0.3) is 0 Å². The number of nitrogens with zero attached hydrogens (tertiary/aromatic N) is 1. The van der Waals surface area contributed by atoms with E-state index >= 15 is 0 Å². The number of benzene rings is 3. The molecule has 0 aliphatic heterocycles. The number of pyridine rings is 1. The molecule has 1 N–H and O–H groups in total. The van der Waals surface area contributed by atoms with Crippen molar-refractivity contribution < 1.29 is 13.2 Å². The number of nitrogens with one attached hydrogen (secondary N) is 1. The zero-order chi connectivity index (χ0) is 22.0. The maximum absolute atomic E-state index is 13.5. The molecule has 158 valence electrons. The fourth-order valence-corrected chi connectivity index (χ4v) is 4.80. The Morgan fingerprint density at radius 3 is 2.39 bits per heavy atom. The van der Waals surface area contributed by atoms with Crippen molar-refractivity contribution in [1.29, 1.82) is 0 Å². The Morgan fingerprint density at radius 1 is 1.00 bits per heavy atom. The third kappa shape index (κ3) is 4.36. The quantitative estimate of drug-likeness (QED) is 0.378. The van der Waals surface area contributed by atoms with Crippen molar-refractivity contribution in [2.75, 3.05) is 11.9 Å². The van der Waals surface area contributed by atoms with Gasteiger partial charge in [0.1, 0.15) is 10.6 Å². The molecule has 5 nitrogen and oxygen atoms in total. The first-order chi connectivity index (χ1) is 14.9. The summed E-state index contributed by atoms with van der Waals surface area (Å²) in [4.78, 5) is 4.66. The first-order valence-electron chi connectivity index (χ1n) is 9.78. The van der Waals surface area contributed by atoms with Crippen LogP contribution in [0, 0.1) is 6.92 Å². The summed E-state index contributed by atoms with van der Waals surface area (Å²) in [6.45, 7) is 4.45. The van der Waals surface area contributed by atoms with Gasteiger partial charge in [-0.25, -0.2) is 8.42 Å². The molecule has 0 saturated carbocycles. The van der Waals surface area contributed by atoms with E-state index in [2.05, 4.69) is 10.3 Å². The Bertz CT molecular complexity index is 1340. The Morgan fingerprint density at radius 2 is 1.71 bits per heavy atom. The number of fused-ring (bicyclic) bond motifs is 1. The van der Waals surface area contributed by atoms with Crippen LogP contribution in [-0.2, 0) is 9.84 Å². The summed E-state index contributed by atoms with van der Waals surface area (Å²) in [5, 5.41) is 4.50. The Hall–Kier alpha value is -3.09. The van der Waals surface area contributed by atoms with Crippen LogP contribution in [0.4, 0.5) is 11.4 Å². The van der Waals surface area contributed by atoms with E-state index in [9.17, 15) is 8.42 Å². The zero-order valence-corrected chi connectivity index (χ0v) is 18.7. The normalized spacial score (nSPS) is 11.5. The lowest BCUT2D eigenvalue weighted by molar-refractivity contribution is 0.340. The van der Waals surface area contributed by atoms with Gasteiger partial charge in [0, 0.05) is 22.3 Å². The number of ether oxygens (including phenoxy) is 1. The molecule has 0 aliphatic rings. The Balaban J connectivity index is 1.88. The molecule has 0 fully saturated rings. The lowest BCUT2D eigenvalue weighted by Gasteiger charge is -2.16. The molecule has 4 aromatic rings. The molecular formula is C24H21ClN2O3S. The van der Waals surface area contributed by atoms with Gasteiger partial charge in [-0.2, -0.15) is 0 Å². The van der Waals surface area contributed by atoms with Crippen molar-refractivity contribution in [3.05, 3.63) is 83.5 Å². The molecule has 0 bridgehead atoms. The Labute approximate surface area is 186 Å². The van der Waals surface area contributed by atoms with Crippen molar-refractivity contribution in [2.45, 2.75) is 23.6 Å². The first-order valence-corrected chi connectivity index (χ1v) is 11.6. The van der Waals surface area contributed by atoms with E-state index in [1.807, 2.05) is 56.3 Å². The molecule has 3 aromatic carbocycles. The van der Waals surface area contributed by atoms with Crippen LogP contribution in [0.2, 0.25) is 5.02 Å². The number of rotatable bonds is 6. The topological polar surface area (TPSA) is 68.3 Å². The van der Waals surface area contributed by atoms with Crippen molar-refractivity contribution >= 4 is 43.7 Å². The van der Waals surface area contributed by atoms with E-state index in [4.69, 9.17) is 16.3 Å². The summed E-state index contributed by atoms with van der Waals surface area (Å²) >= 11 is 5.95. The molecule has 7 heteroatoms. The molecule has 0 spiro atoms. The maximum Gasteiger partial charge on any atom is 0.210 e. The molecule has 0 radical (unpaired) electrons. The van der Waals surface area contributed by atoms with Crippen LogP contribution in [0.15, 0.2) is 82.7 Å². The van der Waals surface area contributed by atoms with E-state index in [-0.39, 0.29) is 9.79 Å². The second-order valence-electron chi connectivity index (χ2n) is 7.06. The number of anilines is 2. The standard InChI is InChI=1S/C24H21ClN2O3S/c1-3-30-19-9-7-18(8-10-19)27-24-21-14-16(2)4-13-22(21)26-15-23(24)31(28,29)20-11-5-17(25)6-12-20/h4-15H,3H2,1-2H3,(H,26,27). The van der Waals surface area contributed by atoms with E-state index in [1.165, 1.54) is 18.3 Å². The zero-order valence-electron chi connectivity index (χ0n) is 17.1. The SMILES string of the molecule is CCOc1ccc(Nc2c(S(=O)(=O)c3ccc(Cl)cc3)cnc3ccc(C)cc23)cc1. The van der Waals surface area contributed by atoms with Crippen LogP contribution < -0.4 is 10.1 Å². The van der Waals surface area contributed by atoms with Crippen molar-refractivity contribution in [3.63, 3.8) is 0 Å². The number of hydrogen-bond acceptors (Lipinski definition) is 5. The Kier molecular flexibility index (Phi) is 5.85. The largest absolute Gasteiger partial charge is 0.494 e. The van der Waals surface area contributed by atoms with Crippen LogP contribution in [0.5, 0.6) is 5.75 Å². The van der Waals surface area contributed by atoms with Gasteiger partial charge in [-0.1, -0.05) is 23.2 Å². The number of hydrogen-bond donors (Lipinski definition) is 1. The number of aryl methyl sites for hydroxylation is 1. The van der Waals surface area contributed by atoms with E-state index in [0.29, 0.717) is 22.8 Å². The first kappa shape index (κ1) is 21.2. The summed E-state index contributed by atoms with van der Waals surface area (Å²) in [7, 11) is -3.84. The van der Waals surface area contributed by atoms with E-state index in [1.54, 1.807) is 12.1 Å². The minimum absolute atomic E-state index is 0.0989. The summed E-state index contributed by atoms with van der Waals surface area (Å²) in [5.41, 5.74) is 2.93. The van der Waals surface area contributed by atoms with Gasteiger partial charge >= 0.3 is 0 Å². The van der Waals surface area contributed by atoms with Crippen LogP contribution in [0.3, 0.4) is 0 Å². The minimum atomic E-state index is -3.84. The fourth-order valence-electron chi connectivity index (χ4n) is 3.31. The third-order valence-corrected chi connectivity index (χ3v) is 6.87. The molecule has 0 saturated heterocycles. The van der Waals surface area contributed by atoms with Gasteiger partial charge in [-0.15, -0.1) is 0 Å². The lowest BCUT2D eigenvalue weighted by Crippen LogP contribution is -2.07. The number of halogens is 1. The van der Waals surface area contributed by atoms with Gasteiger partial charge < -0.3 is 10.1 Å². The van der Waals surface area contributed by atoms with Crippen LogP contribution in [0.25, 0.3) is 10.9 Å². The summed E-state index contributed by atoms with van der Waals surface area (Å²) < 4.78 is 32.5. The summed E-state index contributed by atoms with van der Waals surface area (Å²) in [5.74, 6) is 0.748. The molecule has 0 aliphatic carbocycles. The third-order valence-electron chi connectivity index (χ3n) is 4.84. The smallest absolute Gasteiger partial charge is 0.210 e. The monoisotopic (exact) mass is 452 g/mol. The fraction of sp³-hybridized carbons (Fsp3) is 0.125. The van der Waals surface area contributed by atoms with Crippen LogP contribution in [0.1, 0.15) is 12.5 Å². The molecule has 0 unspecified atom stereocenters. The van der Waals surface area contributed by atoms with Crippen molar-refractivity contribution in [1.82, 2.24) is 4.98 Å². The average Bonchev–Trinajstić information content (AvgIpc) is 2.76. The predicted octanol–water partition coefficient (Wildman–Crippen LogP) is 6.17. The van der Waals surface area contributed by atoms with Crippen molar-refractivity contribution in [3.8, 4) is 5.75 Å². The molecule has 31 heavy (non-hydrogen) atoms. The molecule has 4 rings (SSSR count). The second kappa shape index (κ2) is 8.57. The van der Waals surface area contributed by atoms with Gasteiger partial charge in [0.15, 0.2) is 0 Å². The molecule has 1 aromatic heterocycles. The highest BCUT2D eigenvalue weighted by Gasteiger charge is 2.24. The summed E-state index contributed by atoms with van der Waals surface area (Å²) in [6, 6.07) is 19.3. The molecule has 0 atom stereocenters. The van der Waals surface area contributed by atoms with Crippen LogP contribution in [-0.4, -0.2) is 20.0 Å². The predicted molar refractivity (Wildman–Crippen MR) is 124 cm³/mol. The highest BCUT2D eigenvalue weighted by Crippen LogP contribution is 2.36. The highest BCUT2D eigenvalue weighted by molar-refractivity contribution is 7.91. The highest BCUT2D eigenvalue weighted by atomic mass is 35.5. The van der Waals surface area contributed by atoms with Gasteiger partial charge in [-0.3, -0.25) is 4.98 Å². The second-order valence-corrected chi connectivity index (χ2v) is 9.41. The number of aromatic nitrogens is 1.